The van der Waals surface area contributed by atoms with E-state index in [1.807, 2.05) is 46.9 Å². The predicted molar refractivity (Wildman–Crippen MR) is 97.1 cm³/mol. The second-order valence-corrected chi connectivity index (χ2v) is 7.71. The fourth-order valence-electron chi connectivity index (χ4n) is 2.58. The zero-order valence-electron chi connectivity index (χ0n) is 16.1. The Labute approximate surface area is 146 Å². The summed E-state index contributed by atoms with van der Waals surface area (Å²) in [4.78, 5) is 15.1. The molecule has 0 fully saturated rings. The zero-order chi connectivity index (χ0) is 18.2. The Hall–Kier alpha value is -1.49. The summed E-state index contributed by atoms with van der Waals surface area (Å²) in [7, 11) is 0. The second-order valence-electron chi connectivity index (χ2n) is 7.71. The predicted octanol–water partition coefficient (Wildman–Crippen LogP) is 4.96. The van der Waals surface area contributed by atoms with Crippen LogP contribution in [0.5, 0.6) is 0 Å². The van der Waals surface area contributed by atoms with Crippen LogP contribution >= 0.6 is 0 Å². The number of carbonyl (C=O) groups is 1. The maximum atomic E-state index is 11.8. The van der Waals surface area contributed by atoms with E-state index in [1.54, 1.807) is 0 Å². The first kappa shape index (κ1) is 20.6. The molecule has 1 amide bonds. The highest BCUT2D eigenvalue weighted by atomic mass is 16.6. The Morgan fingerprint density at radius 3 is 2.50 bits per heavy atom. The molecule has 1 aromatic heterocycles. The molecule has 5 heteroatoms. The number of hydrogen-bond donors (Lipinski definition) is 2. The lowest BCUT2D eigenvalue weighted by molar-refractivity contribution is -0.0495. The van der Waals surface area contributed by atoms with Crippen molar-refractivity contribution in [2.24, 2.45) is 0 Å². The summed E-state index contributed by atoms with van der Waals surface area (Å²) in [5.41, 5.74) is 0.0735. The molecular formula is C19H34N2O3. The Bertz CT molecular complexity index is 475. The van der Waals surface area contributed by atoms with Crippen molar-refractivity contribution in [1.82, 2.24) is 10.3 Å². The molecule has 0 bridgehead atoms. The molecule has 24 heavy (non-hydrogen) atoms. The molecule has 0 aliphatic rings. The Kier molecular flexibility index (Phi) is 7.80. The van der Waals surface area contributed by atoms with E-state index in [0.717, 1.165) is 25.7 Å². The van der Waals surface area contributed by atoms with E-state index in [2.05, 4.69) is 23.3 Å². The molecule has 0 saturated carbocycles. The number of rotatable bonds is 9. The van der Waals surface area contributed by atoms with Gasteiger partial charge in [0.1, 0.15) is 11.3 Å². The number of amides is 1. The van der Waals surface area contributed by atoms with Crippen LogP contribution in [0.25, 0.3) is 0 Å². The van der Waals surface area contributed by atoms with Crippen LogP contribution in [0.3, 0.4) is 0 Å². The summed E-state index contributed by atoms with van der Waals surface area (Å²) in [6.07, 6.45) is 5.86. The number of aromatic nitrogens is 1. The first-order valence-electron chi connectivity index (χ1n) is 8.91. The number of H-pyrrole nitrogens is 1. The average molecular weight is 338 g/mol. The fourth-order valence-corrected chi connectivity index (χ4v) is 2.58. The third kappa shape index (κ3) is 8.39. The monoisotopic (exact) mass is 338 g/mol. The van der Waals surface area contributed by atoms with Crippen molar-refractivity contribution in [3.63, 3.8) is 0 Å². The third-order valence-corrected chi connectivity index (χ3v) is 3.77. The largest absolute Gasteiger partial charge is 0.444 e. The van der Waals surface area contributed by atoms with Crippen molar-refractivity contribution in [1.29, 1.82) is 0 Å². The maximum Gasteiger partial charge on any atom is 0.409 e. The van der Waals surface area contributed by atoms with E-state index < -0.39 is 17.4 Å². The standard InChI is InChI=1S/C19H34N2O3/c1-7-15(16-12-10-13-20-16)11-8-9-14-23-19(5,6)21-17(22)24-18(2,3)4/h10,12-13,15,20H,7-9,11,14H2,1-6H3,(H,21,22)/t15-/m1/s1. The van der Waals surface area contributed by atoms with Gasteiger partial charge in [0, 0.05) is 18.5 Å². The minimum atomic E-state index is -0.730. The van der Waals surface area contributed by atoms with E-state index >= 15 is 0 Å². The van der Waals surface area contributed by atoms with Crippen molar-refractivity contribution in [3.05, 3.63) is 24.0 Å². The number of alkyl carbamates (subject to hydrolysis) is 1. The molecule has 0 saturated heterocycles. The highest BCUT2D eigenvalue weighted by Crippen LogP contribution is 2.24. The highest BCUT2D eigenvalue weighted by Gasteiger charge is 2.24. The van der Waals surface area contributed by atoms with Gasteiger partial charge in [-0.25, -0.2) is 4.79 Å². The van der Waals surface area contributed by atoms with Crippen molar-refractivity contribution in [3.8, 4) is 0 Å². The summed E-state index contributed by atoms with van der Waals surface area (Å²) >= 11 is 0. The normalized spacial score (nSPS) is 13.6. The average Bonchev–Trinajstić information content (AvgIpc) is 2.93. The van der Waals surface area contributed by atoms with Gasteiger partial charge in [0.15, 0.2) is 0 Å². The van der Waals surface area contributed by atoms with Gasteiger partial charge in [-0.2, -0.15) is 0 Å². The molecule has 5 nitrogen and oxygen atoms in total. The Morgan fingerprint density at radius 2 is 1.96 bits per heavy atom. The number of aromatic amines is 1. The molecule has 0 unspecified atom stereocenters. The van der Waals surface area contributed by atoms with Crippen LogP contribution in [0.1, 0.15) is 78.8 Å². The Morgan fingerprint density at radius 1 is 1.25 bits per heavy atom. The Balaban J connectivity index is 2.24. The highest BCUT2D eigenvalue weighted by molar-refractivity contribution is 5.68. The number of nitrogens with one attached hydrogen (secondary N) is 2. The summed E-state index contributed by atoms with van der Waals surface area (Å²) in [6.45, 7) is 12.0. The van der Waals surface area contributed by atoms with Gasteiger partial charge in [-0.15, -0.1) is 0 Å². The maximum absolute atomic E-state index is 11.8. The van der Waals surface area contributed by atoms with Gasteiger partial charge in [0.25, 0.3) is 0 Å². The third-order valence-electron chi connectivity index (χ3n) is 3.77. The van der Waals surface area contributed by atoms with Crippen LogP contribution in [0.15, 0.2) is 18.3 Å². The summed E-state index contributed by atoms with van der Waals surface area (Å²) in [5, 5.41) is 2.76. The first-order valence-corrected chi connectivity index (χ1v) is 8.91. The summed E-state index contributed by atoms with van der Waals surface area (Å²) in [6, 6.07) is 4.20. The number of carbonyl (C=O) groups excluding carboxylic acids is 1. The molecule has 0 radical (unpaired) electrons. The van der Waals surface area contributed by atoms with E-state index in [0.29, 0.717) is 12.5 Å². The topological polar surface area (TPSA) is 63.4 Å². The summed E-state index contributed by atoms with van der Waals surface area (Å²) in [5.74, 6) is 0.577. The van der Waals surface area contributed by atoms with Gasteiger partial charge >= 0.3 is 6.09 Å². The van der Waals surface area contributed by atoms with Crippen LogP contribution in [0.4, 0.5) is 4.79 Å². The molecule has 0 aliphatic heterocycles. The van der Waals surface area contributed by atoms with Crippen LogP contribution in [0, 0.1) is 0 Å². The van der Waals surface area contributed by atoms with Crippen LogP contribution in [-0.4, -0.2) is 29.0 Å². The lowest BCUT2D eigenvalue weighted by Gasteiger charge is -2.28. The van der Waals surface area contributed by atoms with Crippen molar-refractivity contribution in [2.45, 2.75) is 84.5 Å². The molecule has 1 heterocycles. The number of unbranched alkanes of at least 4 members (excludes halogenated alkanes) is 1. The molecule has 0 aromatic carbocycles. The van der Waals surface area contributed by atoms with Crippen molar-refractivity contribution >= 4 is 6.09 Å². The van der Waals surface area contributed by atoms with Crippen molar-refractivity contribution in [2.75, 3.05) is 6.61 Å². The molecule has 1 rings (SSSR count). The van der Waals surface area contributed by atoms with E-state index in [9.17, 15) is 4.79 Å². The van der Waals surface area contributed by atoms with Gasteiger partial charge in [0.2, 0.25) is 0 Å². The second kappa shape index (κ2) is 9.11. The molecule has 0 aliphatic carbocycles. The smallest absolute Gasteiger partial charge is 0.409 e. The number of ether oxygens (including phenoxy) is 2. The van der Waals surface area contributed by atoms with Gasteiger partial charge in [-0.3, -0.25) is 5.32 Å². The number of hydrogen-bond acceptors (Lipinski definition) is 3. The van der Waals surface area contributed by atoms with E-state index in [1.165, 1.54) is 5.69 Å². The minimum absolute atomic E-state index is 0.453. The van der Waals surface area contributed by atoms with Gasteiger partial charge < -0.3 is 14.5 Å². The van der Waals surface area contributed by atoms with Crippen LogP contribution < -0.4 is 5.32 Å². The molecule has 1 atom stereocenters. The SMILES string of the molecule is CC[C@H](CCCCOC(C)(C)NC(=O)OC(C)(C)C)c1ccc[nH]1. The molecule has 2 N–H and O–H groups in total. The quantitative estimate of drug-likeness (QED) is 0.494. The molecule has 0 spiro atoms. The molecule has 1 aromatic rings. The van der Waals surface area contributed by atoms with Gasteiger partial charge in [0.05, 0.1) is 0 Å². The minimum Gasteiger partial charge on any atom is -0.444 e. The molecular weight excluding hydrogens is 304 g/mol. The van der Waals surface area contributed by atoms with E-state index in [-0.39, 0.29) is 0 Å². The first-order chi connectivity index (χ1) is 11.1. The van der Waals surface area contributed by atoms with Crippen molar-refractivity contribution < 1.29 is 14.3 Å². The van der Waals surface area contributed by atoms with Crippen LogP contribution in [-0.2, 0) is 9.47 Å². The van der Waals surface area contributed by atoms with Gasteiger partial charge in [-0.05, 0) is 71.9 Å². The molecule has 138 valence electrons. The lowest BCUT2D eigenvalue weighted by atomic mass is 9.96. The van der Waals surface area contributed by atoms with E-state index in [4.69, 9.17) is 9.47 Å². The van der Waals surface area contributed by atoms with Crippen LogP contribution in [0.2, 0.25) is 0 Å². The fraction of sp³-hybridized carbons (Fsp3) is 0.737. The van der Waals surface area contributed by atoms with Gasteiger partial charge in [-0.1, -0.05) is 13.3 Å². The summed E-state index contributed by atoms with van der Waals surface area (Å²) < 4.78 is 11.1. The lowest BCUT2D eigenvalue weighted by Crippen LogP contribution is -2.47. The zero-order valence-corrected chi connectivity index (χ0v) is 16.1.